The smallest absolute Gasteiger partial charge is 0.241 e. The van der Waals surface area contributed by atoms with Gasteiger partial charge < -0.3 is 4.74 Å². The summed E-state index contributed by atoms with van der Waals surface area (Å²) in [5.41, 5.74) is 0.507. The number of nitrogens with one attached hydrogen (secondary N) is 1. The zero-order chi connectivity index (χ0) is 20.1. The van der Waals surface area contributed by atoms with Crippen LogP contribution in [0, 0.1) is 23.2 Å². The van der Waals surface area contributed by atoms with Crippen molar-refractivity contribution in [2.45, 2.75) is 56.3 Å². The third kappa shape index (κ3) is 3.57. The van der Waals surface area contributed by atoms with E-state index < -0.39 is 10.0 Å². The van der Waals surface area contributed by atoms with E-state index in [2.05, 4.69) is 4.72 Å². The molecule has 4 nitrogen and oxygen atoms in total. The number of hydrogen-bond acceptors (Lipinski definition) is 3. The molecule has 1 N–H and O–H groups in total. The second-order valence-corrected chi connectivity index (χ2v) is 11.5. The predicted molar refractivity (Wildman–Crippen MR) is 116 cm³/mol. The number of sulfonamides is 1. The molecule has 5 heteroatoms. The highest BCUT2D eigenvalue weighted by molar-refractivity contribution is 7.89. The molecule has 4 aliphatic carbocycles. The van der Waals surface area contributed by atoms with E-state index in [9.17, 15) is 8.42 Å². The van der Waals surface area contributed by atoms with Gasteiger partial charge in [0.1, 0.15) is 5.75 Å². The van der Waals surface area contributed by atoms with Gasteiger partial charge in [0.15, 0.2) is 0 Å². The third-order valence-electron chi connectivity index (χ3n) is 7.69. The minimum Gasteiger partial charge on any atom is -0.496 e. The lowest BCUT2D eigenvalue weighted by Crippen LogP contribution is -2.46. The van der Waals surface area contributed by atoms with Crippen LogP contribution in [0.5, 0.6) is 5.75 Å². The van der Waals surface area contributed by atoms with Crippen molar-refractivity contribution in [2.24, 2.45) is 23.2 Å². The molecule has 2 aromatic carbocycles. The first-order valence-electron chi connectivity index (χ1n) is 11.0. The van der Waals surface area contributed by atoms with Crippen molar-refractivity contribution >= 4 is 20.8 Å². The van der Waals surface area contributed by atoms with Crippen LogP contribution in [0.25, 0.3) is 10.8 Å². The van der Waals surface area contributed by atoms with E-state index in [4.69, 9.17) is 4.74 Å². The largest absolute Gasteiger partial charge is 0.496 e. The summed E-state index contributed by atoms with van der Waals surface area (Å²) < 4.78 is 34.3. The van der Waals surface area contributed by atoms with Gasteiger partial charge in [0.2, 0.25) is 10.0 Å². The Hall–Kier alpha value is -1.59. The number of fused-ring (bicyclic) bond motifs is 1. The summed E-state index contributed by atoms with van der Waals surface area (Å²) in [5.74, 6) is 3.54. The van der Waals surface area contributed by atoms with Crippen LogP contribution < -0.4 is 9.46 Å². The topological polar surface area (TPSA) is 55.4 Å². The number of hydrogen-bond donors (Lipinski definition) is 1. The SMILES string of the molecule is COc1ccc(S(=O)(=O)NCCCC23CC4CC(CC(C4)C2)C3)c2ccccc12. The van der Waals surface area contributed by atoms with Crippen molar-refractivity contribution in [2.75, 3.05) is 13.7 Å². The molecule has 156 valence electrons. The molecule has 0 amide bonds. The predicted octanol–water partition coefficient (Wildman–Crippen LogP) is 5.12. The van der Waals surface area contributed by atoms with Gasteiger partial charge in [-0.25, -0.2) is 13.1 Å². The number of rotatable bonds is 7. The van der Waals surface area contributed by atoms with Crippen molar-refractivity contribution < 1.29 is 13.2 Å². The summed E-state index contributed by atoms with van der Waals surface area (Å²) in [7, 11) is -1.94. The lowest BCUT2D eigenvalue weighted by Gasteiger charge is -2.57. The van der Waals surface area contributed by atoms with Crippen molar-refractivity contribution in [1.29, 1.82) is 0 Å². The fourth-order valence-corrected chi connectivity index (χ4v) is 8.28. The molecule has 0 aliphatic heterocycles. The summed E-state index contributed by atoms with van der Waals surface area (Å²) in [5, 5.41) is 1.53. The molecule has 29 heavy (non-hydrogen) atoms. The minimum atomic E-state index is -3.55. The average molecular weight is 414 g/mol. The Morgan fingerprint density at radius 3 is 2.21 bits per heavy atom. The molecule has 4 fully saturated rings. The van der Waals surface area contributed by atoms with Crippen LogP contribution in [0.4, 0.5) is 0 Å². The number of ether oxygens (including phenoxy) is 1. The van der Waals surface area contributed by atoms with Gasteiger partial charge in [-0.3, -0.25) is 0 Å². The van der Waals surface area contributed by atoms with Gasteiger partial charge in [0.05, 0.1) is 12.0 Å². The summed E-state index contributed by atoms with van der Waals surface area (Å²) in [6.45, 7) is 0.518. The Balaban J connectivity index is 1.26. The fourth-order valence-electron chi connectivity index (χ4n) is 7.00. The van der Waals surface area contributed by atoms with Crippen LogP contribution >= 0.6 is 0 Å². The van der Waals surface area contributed by atoms with Crippen molar-refractivity contribution in [3.05, 3.63) is 36.4 Å². The van der Waals surface area contributed by atoms with Crippen LogP contribution in [-0.2, 0) is 10.0 Å². The zero-order valence-corrected chi connectivity index (χ0v) is 18.0. The van der Waals surface area contributed by atoms with E-state index in [1.807, 2.05) is 24.3 Å². The fraction of sp³-hybridized carbons (Fsp3) is 0.583. The molecule has 6 rings (SSSR count). The highest BCUT2D eigenvalue weighted by atomic mass is 32.2. The summed E-state index contributed by atoms with van der Waals surface area (Å²) >= 11 is 0. The van der Waals surface area contributed by atoms with Crippen LogP contribution in [0.1, 0.15) is 51.4 Å². The van der Waals surface area contributed by atoms with Crippen molar-refractivity contribution in [3.63, 3.8) is 0 Å². The van der Waals surface area contributed by atoms with E-state index in [1.165, 1.54) is 44.9 Å². The molecule has 0 aromatic heterocycles. The van der Waals surface area contributed by atoms with E-state index in [0.29, 0.717) is 28.0 Å². The minimum absolute atomic E-state index is 0.337. The molecule has 4 saturated carbocycles. The van der Waals surface area contributed by atoms with Gasteiger partial charge in [0, 0.05) is 17.3 Å². The standard InChI is InChI=1S/C24H31NO3S/c1-28-22-7-8-23(21-6-3-2-5-20(21)22)29(26,27)25-10-4-9-24-14-17-11-18(15-24)13-19(12-17)16-24/h2-3,5-8,17-19,25H,4,9-16H2,1H3. The molecule has 2 aromatic rings. The normalized spacial score (nSPS) is 30.7. The molecular weight excluding hydrogens is 382 g/mol. The lowest BCUT2D eigenvalue weighted by molar-refractivity contribution is -0.0578. The molecule has 0 spiro atoms. The van der Waals surface area contributed by atoms with Gasteiger partial charge in [-0.05, 0) is 86.7 Å². The highest BCUT2D eigenvalue weighted by Gasteiger charge is 2.50. The maximum atomic E-state index is 13.0. The molecule has 4 aliphatic rings. The van der Waals surface area contributed by atoms with Gasteiger partial charge in [0.25, 0.3) is 0 Å². The summed E-state index contributed by atoms with van der Waals surface area (Å²) in [4.78, 5) is 0.337. The summed E-state index contributed by atoms with van der Waals surface area (Å²) in [6.07, 6.45) is 10.6. The monoisotopic (exact) mass is 413 g/mol. The second-order valence-electron chi connectivity index (χ2n) is 9.73. The number of benzene rings is 2. The van der Waals surface area contributed by atoms with Gasteiger partial charge in [-0.15, -0.1) is 0 Å². The molecule has 4 bridgehead atoms. The Morgan fingerprint density at radius 2 is 1.59 bits per heavy atom. The zero-order valence-electron chi connectivity index (χ0n) is 17.2. The van der Waals surface area contributed by atoms with Crippen LogP contribution in [0.3, 0.4) is 0 Å². The first-order chi connectivity index (χ1) is 14.0. The van der Waals surface area contributed by atoms with E-state index in [-0.39, 0.29) is 0 Å². The molecule has 0 unspecified atom stereocenters. The van der Waals surface area contributed by atoms with Gasteiger partial charge >= 0.3 is 0 Å². The van der Waals surface area contributed by atoms with E-state index >= 15 is 0 Å². The van der Waals surface area contributed by atoms with Crippen molar-refractivity contribution in [1.82, 2.24) is 4.72 Å². The average Bonchev–Trinajstić information content (AvgIpc) is 2.69. The number of methoxy groups -OCH3 is 1. The maximum absolute atomic E-state index is 13.0. The summed E-state index contributed by atoms with van der Waals surface area (Å²) in [6, 6.07) is 10.9. The highest BCUT2D eigenvalue weighted by Crippen LogP contribution is 2.61. The molecule has 0 saturated heterocycles. The molecule has 0 atom stereocenters. The van der Waals surface area contributed by atoms with E-state index in [1.54, 1.807) is 19.2 Å². The maximum Gasteiger partial charge on any atom is 0.241 e. The Kier molecular flexibility index (Phi) is 4.86. The van der Waals surface area contributed by atoms with Crippen molar-refractivity contribution in [3.8, 4) is 5.75 Å². The quantitative estimate of drug-likeness (QED) is 0.641. The van der Waals surface area contributed by atoms with E-state index in [0.717, 1.165) is 29.6 Å². The first-order valence-corrected chi connectivity index (χ1v) is 12.5. The third-order valence-corrected chi connectivity index (χ3v) is 9.21. The Morgan fingerprint density at radius 1 is 0.966 bits per heavy atom. The van der Waals surface area contributed by atoms with Crippen LogP contribution in [0.15, 0.2) is 41.3 Å². The van der Waals surface area contributed by atoms with Crippen LogP contribution in [-0.4, -0.2) is 22.1 Å². The lowest BCUT2D eigenvalue weighted by atomic mass is 9.48. The second kappa shape index (κ2) is 7.28. The Bertz CT molecular complexity index is 979. The molecular formula is C24H31NO3S. The van der Waals surface area contributed by atoms with Crippen LogP contribution in [0.2, 0.25) is 0 Å². The molecule has 0 radical (unpaired) electrons. The molecule has 0 heterocycles. The first kappa shape index (κ1) is 19.4. The Labute approximate surface area is 174 Å². The van der Waals surface area contributed by atoms with Gasteiger partial charge in [-0.1, -0.05) is 24.3 Å². The van der Waals surface area contributed by atoms with Gasteiger partial charge in [-0.2, -0.15) is 0 Å².